The average Bonchev–Trinajstić information content (AvgIpc) is 2.98. The van der Waals surface area contributed by atoms with Gasteiger partial charge in [0.15, 0.2) is 0 Å². The van der Waals surface area contributed by atoms with Gasteiger partial charge in [-0.15, -0.1) is 0 Å². The zero-order valence-corrected chi connectivity index (χ0v) is 13.7. The molecule has 2 aliphatic rings. The Morgan fingerprint density at radius 3 is 2.86 bits per heavy atom. The highest BCUT2D eigenvalue weighted by molar-refractivity contribution is 9.10. The number of fused-ring (bicyclic) bond motifs is 1. The maximum atomic E-state index is 12.7. The van der Waals surface area contributed by atoms with Gasteiger partial charge in [0, 0.05) is 22.6 Å². The number of aliphatic carboxylic acids is 1. The van der Waals surface area contributed by atoms with Crippen LogP contribution < -0.4 is 0 Å². The zero-order valence-electron chi connectivity index (χ0n) is 11.3. The SMILES string of the molecule is O=C(c1cc(Cl)ccc1Br)N1C[C@@H]2CCC[C@@]2(C(=O)O)C1. The number of amides is 1. The minimum absolute atomic E-state index is 0.0666. The number of likely N-dealkylation sites (tertiary alicyclic amines) is 1. The Morgan fingerprint density at radius 1 is 1.43 bits per heavy atom. The van der Waals surface area contributed by atoms with Crippen molar-refractivity contribution >= 4 is 39.4 Å². The number of nitrogens with zero attached hydrogens (tertiary/aromatic N) is 1. The molecule has 1 saturated carbocycles. The lowest BCUT2D eigenvalue weighted by molar-refractivity contribution is -0.149. The molecule has 0 bridgehead atoms. The van der Waals surface area contributed by atoms with Gasteiger partial charge < -0.3 is 10.0 Å². The van der Waals surface area contributed by atoms with E-state index in [1.54, 1.807) is 23.1 Å². The fourth-order valence-electron chi connectivity index (χ4n) is 3.63. The number of rotatable bonds is 2. The van der Waals surface area contributed by atoms with E-state index < -0.39 is 11.4 Å². The largest absolute Gasteiger partial charge is 0.481 e. The summed E-state index contributed by atoms with van der Waals surface area (Å²) in [5, 5.41) is 10.1. The van der Waals surface area contributed by atoms with E-state index in [1.807, 2.05) is 0 Å². The van der Waals surface area contributed by atoms with Crippen LogP contribution in [-0.2, 0) is 4.79 Å². The second-order valence-electron chi connectivity index (χ2n) is 5.86. The number of carbonyl (C=O) groups excluding carboxylic acids is 1. The Kier molecular flexibility index (Phi) is 3.74. The maximum absolute atomic E-state index is 12.7. The molecule has 0 spiro atoms. The maximum Gasteiger partial charge on any atom is 0.311 e. The van der Waals surface area contributed by atoms with Crippen LogP contribution in [0.5, 0.6) is 0 Å². The summed E-state index contributed by atoms with van der Waals surface area (Å²) in [6, 6.07) is 5.06. The van der Waals surface area contributed by atoms with Gasteiger partial charge >= 0.3 is 5.97 Å². The van der Waals surface area contributed by atoms with E-state index in [0.29, 0.717) is 34.6 Å². The minimum Gasteiger partial charge on any atom is -0.481 e. The monoisotopic (exact) mass is 371 g/mol. The molecule has 1 N–H and O–H groups in total. The highest BCUT2D eigenvalue weighted by Crippen LogP contribution is 2.49. The number of carboxylic acids is 1. The van der Waals surface area contributed by atoms with Crippen molar-refractivity contribution in [3.63, 3.8) is 0 Å². The zero-order chi connectivity index (χ0) is 15.2. The minimum atomic E-state index is -0.773. The summed E-state index contributed by atoms with van der Waals surface area (Å²) in [6.45, 7) is 0.814. The van der Waals surface area contributed by atoms with Gasteiger partial charge in [0.2, 0.25) is 0 Å². The first-order chi connectivity index (χ1) is 9.94. The summed E-state index contributed by atoms with van der Waals surface area (Å²) < 4.78 is 0.679. The third-order valence-electron chi connectivity index (χ3n) is 4.74. The first-order valence-electron chi connectivity index (χ1n) is 6.92. The standard InChI is InChI=1S/C15H15BrClNO3/c16-12-4-3-10(17)6-11(12)13(19)18-7-9-2-1-5-15(9,8-18)14(20)21/h3-4,6,9H,1-2,5,7-8H2,(H,20,21)/t9-,15+/m0/s1. The quantitative estimate of drug-likeness (QED) is 0.865. The summed E-state index contributed by atoms with van der Waals surface area (Å²) in [7, 11) is 0. The van der Waals surface area contributed by atoms with Gasteiger partial charge in [0.1, 0.15) is 0 Å². The molecule has 21 heavy (non-hydrogen) atoms. The van der Waals surface area contributed by atoms with Crippen LogP contribution in [0.3, 0.4) is 0 Å². The van der Waals surface area contributed by atoms with Crippen LogP contribution in [0.2, 0.25) is 5.02 Å². The summed E-state index contributed by atoms with van der Waals surface area (Å²) in [4.78, 5) is 26.0. The fourth-order valence-corrected chi connectivity index (χ4v) is 4.21. The van der Waals surface area contributed by atoms with Crippen LogP contribution in [0.1, 0.15) is 29.6 Å². The summed E-state index contributed by atoms with van der Waals surface area (Å²) in [6.07, 6.45) is 2.47. The van der Waals surface area contributed by atoms with Gasteiger partial charge in [-0.05, 0) is 52.9 Å². The smallest absolute Gasteiger partial charge is 0.311 e. The Labute approximate surface area is 136 Å². The van der Waals surface area contributed by atoms with E-state index in [0.717, 1.165) is 12.8 Å². The lowest BCUT2D eigenvalue weighted by Crippen LogP contribution is -2.37. The van der Waals surface area contributed by atoms with E-state index >= 15 is 0 Å². The van der Waals surface area contributed by atoms with Crippen LogP contribution in [0.25, 0.3) is 0 Å². The van der Waals surface area contributed by atoms with Crippen LogP contribution in [0, 0.1) is 11.3 Å². The number of hydrogen-bond donors (Lipinski definition) is 1. The van der Waals surface area contributed by atoms with Crippen molar-refractivity contribution < 1.29 is 14.7 Å². The highest BCUT2D eigenvalue weighted by atomic mass is 79.9. The van der Waals surface area contributed by atoms with Gasteiger partial charge in [-0.25, -0.2) is 0 Å². The molecule has 112 valence electrons. The molecule has 4 nitrogen and oxygen atoms in total. The van der Waals surface area contributed by atoms with E-state index in [9.17, 15) is 14.7 Å². The molecule has 3 rings (SSSR count). The molecule has 2 atom stereocenters. The van der Waals surface area contributed by atoms with Gasteiger partial charge in [-0.1, -0.05) is 18.0 Å². The second-order valence-corrected chi connectivity index (χ2v) is 7.15. The molecular weight excluding hydrogens is 358 g/mol. The summed E-state index contributed by atoms with van der Waals surface area (Å²) in [5.74, 6) is -0.859. The molecule has 1 aromatic carbocycles. The summed E-state index contributed by atoms with van der Waals surface area (Å²) in [5.41, 5.74) is -0.260. The Hall–Kier alpha value is -1.07. The van der Waals surface area contributed by atoms with Gasteiger partial charge in [0.25, 0.3) is 5.91 Å². The Morgan fingerprint density at radius 2 is 2.19 bits per heavy atom. The second kappa shape index (κ2) is 5.29. The topological polar surface area (TPSA) is 57.6 Å². The normalized spacial score (nSPS) is 27.7. The van der Waals surface area contributed by atoms with Crippen molar-refractivity contribution in [3.05, 3.63) is 33.3 Å². The molecule has 6 heteroatoms. The first-order valence-corrected chi connectivity index (χ1v) is 8.09. The number of halogens is 2. The van der Waals surface area contributed by atoms with Crippen molar-refractivity contribution in [2.45, 2.75) is 19.3 Å². The Bertz CT molecular complexity index is 621. The molecule has 0 unspecified atom stereocenters. The van der Waals surface area contributed by atoms with E-state index in [-0.39, 0.29) is 11.8 Å². The molecule has 0 aromatic heterocycles. The van der Waals surface area contributed by atoms with Gasteiger partial charge in [0.05, 0.1) is 11.0 Å². The van der Waals surface area contributed by atoms with Crippen LogP contribution in [0.15, 0.2) is 22.7 Å². The van der Waals surface area contributed by atoms with Crippen molar-refractivity contribution in [2.24, 2.45) is 11.3 Å². The fraction of sp³-hybridized carbons (Fsp3) is 0.467. The van der Waals surface area contributed by atoms with Crippen LogP contribution in [-0.4, -0.2) is 35.0 Å². The van der Waals surface area contributed by atoms with Crippen molar-refractivity contribution in [3.8, 4) is 0 Å². The van der Waals surface area contributed by atoms with E-state index in [1.165, 1.54) is 0 Å². The molecule has 1 aliphatic heterocycles. The third kappa shape index (κ3) is 2.36. The molecule has 2 fully saturated rings. The van der Waals surface area contributed by atoms with Gasteiger partial charge in [-0.3, -0.25) is 9.59 Å². The predicted molar refractivity (Wildman–Crippen MR) is 82.5 cm³/mol. The van der Waals surface area contributed by atoms with E-state index in [2.05, 4.69) is 15.9 Å². The highest BCUT2D eigenvalue weighted by Gasteiger charge is 2.55. The number of benzene rings is 1. The molecule has 1 saturated heterocycles. The molecule has 1 heterocycles. The Balaban J connectivity index is 1.88. The molecule has 1 amide bonds. The number of carbonyl (C=O) groups is 2. The molecular formula is C15H15BrClNO3. The predicted octanol–water partition coefficient (Wildman–Crippen LogP) is 3.43. The lowest BCUT2D eigenvalue weighted by Gasteiger charge is -2.23. The summed E-state index contributed by atoms with van der Waals surface area (Å²) >= 11 is 9.31. The molecule has 0 radical (unpaired) electrons. The molecule has 1 aliphatic carbocycles. The van der Waals surface area contributed by atoms with Crippen molar-refractivity contribution in [1.82, 2.24) is 4.90 Å². The first kappa shape index (κ1) is 14.9. The van der Waals surface area contributed by atoms with E-state index in [4.69, 9.17) is 11.6 Å². The third-order valence-corrected chi connectivity index (χ3v) is 5.67. The number of hydrogen-bond acceptors (Lipinski definition) is 2. The van der Waals surface area contributed by atoms with Crippen molar-refractivity contribution in [1.29, 1.82) is 0 Å². The van der Waals surface area contributed by atoms with Gasteiger partial charge in [-0.2, -0.15) is 0 Å². The van der Waals surface area contributed by atoms with Crippen LogP contribution >= 0.6 is 27.5 Å². The number of carboxylic acid groups (broad SMARTS) is 1. The van der Waals surface area contributed by atoms with Crippen molar-refractivity contribution in [2.75, 3.05) is 13.1 Å². The molecule has 1 aromatic rings. The van der Waals surface area contributed by atoms with Crippen LogP contribution in [0.4, 0.5) is 0 Å². The average molecular weight is 373 g/mol. The lowest BCUT2D eigenvalue weighted by atomic mass is 9.81.